The Bertz CT molecular complexity index is 99.6. The van der Waals surface area contributed by atoms with Crippen LogP contribution in [0.15, 0.2) is 11.1 Å². The molecule has 0 spiro atoms. The van der Waals surface area contributed by atoms with Crippen LogP contribution in [-0.2, 0) is 0 Å². The summed E-state index contributed by atoms with van der Waals surface area (Å²) in [6.45, 7) is 4.48. The Morgan fingerprint density at radius 1 is 1.25 bits per heavy atom. The molecule has 46 valence electrons. The first-order valence-corrected chi connectivity index (χ1v) is 4.19. The van der Waals surface area contributed by atoms with Crippen LogP contribution in [0.25, 0.3) is 0 Å². The molecule has 0 aliphatic carbocycles. The van der Waals surface area contributed by atoms with Crippen LogP contribution in [-0.4, -0.2) is 11.5 Å². The molecule has 0 N–H and O–H groups in total. The van der Waals surface area contributed by atoms with Gasteiger partial charge in [-0.1, -0.05) is 11.1 Å². The van der Waals surface area contributed by atoms with E-state index in [-0.39, 0.29) is 0 Å². The van der Waals surface area contributed by atoms with Crippen molar-refractivity contribution in [3.8, 4) is 0 Å². The van der Waals surface area contributed by atoms with Gasteiger partial charge >= 0.3 is 0 Å². The van der Waals surface area contributed by atoms with Crippen LogP contribution in [0.4, 0.5) is 0 Å². The summed E-state index contributed by atoms with van der Waals surface area (Å²) >= 11 is 2.05. The lowest BCUT2D eigenvalue weighted by molar-refractivity contribution is 1.05. The van der Waals surface area contributed by atoms with E-state index in [1.807, 2.05) is 11.8 Å². The van der Waals surface area contributed by atoms with Gasteiger partial charge in [0.2, 0.25) is 0 Å². The van der Waals surface area contributed by atoms with Crippen molar-refractivity contribution in [1.29, 1.82) is 0 Å². The van der Waals surface area contributed by atoms with Crippen molar-refractivity contribution >= 4 is 11.8 Å². The molecular formula is C7H12S. The van der Waals surface area contributed by atoms with Gasteiger partial charge in [-0.15, -0.1) is 0 Å². The Labute approximate surface area is 55.4 Å². The van der Waals surface area contributed by atoms with Crippen molar-refractivity contribution in [2.24, 2.45) is 0 Å². The largest absolute Gasteiger partial charge is 0.157 e. The van der Waals surface area contributed by atoms with Gasteiger partial charge in [-0.2, -0.15) is 11.8 Å². The maximum atomic E-state index is 2.25. The first kappa shape index (κ1) is 6.21. The van der Waals surface area contributed by atoms with Gasteiger partial charge in [-0.25, -0.2) is 0 Å². The zero-order chi connectivity index (χ0) is 5.98. The smallest absolute Gasteiger partial charge is 0.0143 e. The Kier molecular flexibility index (Phi) is 2.01. The zero-order valence-corrected chi connectivity index (χ0v) is 6.35. The minimum absolute atomic E-state index is 1.27. The second-order valence-electron chi connectivity index (χ2n) is 2.36. The summed E-state index contributed by atoms with van der Waals surface area (Å²) in [7, 11) is 0. The third-order valence-corrected chi connectivity index (χ3v) is 2.80. The molecule has 0 fully saturated rings. The number of hydrogen-bond donors (Lipinski definition) is 0. The minimum atomic E-state index is 1.27. The molecule has 1 aliphatic rings. The summed E-state index contributed by atoms with van der Waals surface area (Å²) in [6, 6.07) is 0. The summed E-state index contributed by atoms with van der Waals surface area (Å²) in [6.07, 6.45) is 1.32. The average Bonchev–Trinajstić information content (AvgIpc) is 1.77. The van der Waals surface area contributed by atoms with Crippen molar-refractivity contribution in [2.75, 3.05) is 11.5 Å². The Hall–Kier alpha value is 0.0900. The first-order valence-electron chi connectivity index (χ1n) is 3.03. The van der Waals surface area contributed by atoms with E-state index in [4.69, 9.17) is 0 Å². The summed E-state index contributed by atoms with van der Waals surface area (Å²) in [5.74, 6) is 2.61. The highest BCUT2D eigenvalue weighted by molar-refractivity contribution is 7.99. The molecule has 0 nitrogen and oxygen atoms in total. The number of rotatable bonds is 0. The third-order valence-electron chi connectivity index (χ3n) is 1.67. The quantitative estimate of drug-likeness (QED) is 0.452. The molecule has 1 rings (SSSR count). The van der Waals surface area contributed by atoms with Crippen molar-refractivity contribution < 1.29 is 0 Å². The van der Waals surface area contributed by atoms with Gasteiger partial charge in [0.15, 0.2) is 0 Å². The lowest BCUT2D eigenvalue weighted by Gasteiger charge is -2.12. The maximum absolute atomic E-state index is 2.25. The van der Waals surface area contributed by atoms with Gasteiger partial charge < -0.3 is 0 Å². The predicted octanol–water partition coefficient (Wildman–Crippen LogP) is 2.46. The highest BCUT2D eigenvalue weighted by Gasteiger charge is 2.02. The molecule has 8 heavy (non-hydrogen) atoms. The summed E-state index contributed by atoms with van der Waals surface area (Å²) in [4.78, 5) is 0. The van der Waals surface area contributed by atoms with Crippen molar-refractivity contribution in [3.63, 3.8) is 0 Å². The van der Waals surface area contributed by atoms with Crippen LogP contribution in [0, 0.1) is 0 Å². The molecule has 0 aromatic heterocycles. The van der Waals surface area contributed by atoms with E-state index in [1.165, 1.54) is 17.9 Å². The van der Waals surface area contributed by atoms with E-state index in [9.17, 15) is 0 Å². The fourth-order valence-corrected chi connectivity index (χ4v) is 1.93. The molecule has 1 heterocycles. The zero-order valence-electron chi connectivity index (χ0n) is 5.53. The standard InChI is InChI=1S/C7H12S/c1-6-3-4-8-5-7(6)2/h3-5H2,1-2H3. The molecule has 0 saturated heterocycles. The lowest BCUT2D eigenvalue weighted by Crippen LogP contribution is -1.97. The molecule has 1 aliphatic heterocycles. The Morgan fingerprint density at radius 2 is 2.00 bits per heavy atom. The van der Waals surface area contributed by atoms with E-state index in [2.05, 4.69) is 13.8 Å². The monoisotopic (exact) mass is 128 g/mol. The van der Waals surface area contributed by atoms with Gasteiger partial charge in [0.1, 0.15) is 0 Å². The average molecular weight is 128 g/mol. The van der Waals surface area contributed by atoms with Crippen LogP contribution >= 0.6 is 11.8 Å². The van der Waals surface area contributed by atoms with Gasteiger partial charge in [-0.3, -0.25) is 0 Å². The van der Waals surface area contributed by atoms with Crippen LogP contribution in [0.5, 0.6) is 0 Å². The molecule has 0 atom stereocenters. The van der Waals surface area contributed by atoms with Crippen molar-refractivity contribution in [2.45, 2.75) is 20.3 Å². The van der Waals surface area contributed by atoms with Crippen molar-refractivity contribution in [3.05, 3.63) is 11.1 Å². The topological polar surface area (TPSA) is 0 Å². The maximum Gasteiger partial charge on any atom is 0.0143 e. The van der Waals surface area contributed by atoms with E-state index >= 15 is 0 Å². The van der Waals surface area contributed by atoms with Crippen LogP contribution in [0.1, 0.15) is 20.3 Å². The number of thioether (sulfide) groups is 1. The number of hydrogen-bond acceptors (Lipinski definition) is 1. The van der Waals surface area contributed by atoms with Crippen molar-refractivity contribution in [1.82, 2.24) is 0 Å². The van der Waals surface area contributed by atoms with E-state index in [0.29, 0.717) is 0 Å². The van der Waals surface area contributed by atoms with Crippen LogP contribution in [0.2, 0.25) is 0 Å². The number of allylic oxidation sites excluding steroid dienone is 1. The van der Waals surface area contributed by atoms with Crippen LogP contribution in [0.3, 0.4) is 0 Å². The second-order valence-corrected chi connectivity index (χ2v) is 3.47. The lowest BCUT2D eigenvalue weighted by atomic mass is 10.1. The molecule has 0 saturated carbocycles. The molecule has 0 aromatic carbocycles. The molecular weight excluding hydrogens is 116 g/mol. The normalized spacial score (nSPS) is 21.8. The molecule has 1 heteroatoms. The SMILES string of the molecule is CC1=C(C)CSCC1. The van der Waals surface area contributed by atoms with E-state index in [1.54, 1.807) is 11.1 Å². The highest BCUT2D eigenvalue weighted by atomic mass is 32.2. The predicted molar refractivity (Wildman–Crippen MR) is 40.3 cm³/mol. The first-order chi connectivity index (χ1) is 3.80. The minimum Gasteiger partial charge on any atom is -0.157 e. The van der Waals surface area contributed by atoms with Gasteiger partial charge in [0.05, 0.1) is 0 Å². The van der Waals surface area contributed by atoms with Gasteiger partial charge in [0.25, 0.3) is 0 Å². The Balaban J connectivity index is 2.60. The Morgan fingerprint density at radius 3 is 2.38 bits per heavy atom. The summed E-state index contributed by atoms with van der Waals surface area (Å²) in [5, 5.41) is 0. The van der Waals surface area contributed by atoms with E-state index in [0.717, 1.165) is 0 Å². The fraction of sp³-hybridized carbons (Fsp3) is 0.714. The van der Waals surface area contributed by atoms with Gasteiger partial charge in [-0.05, 0) is 26.0 Å². The van der Waals surface area contributed by atoms with E-state index < -0.39 is 0 Å². The highest BCUT2D eigenvalue weighted by Crippen LogP contribution is 2.21. The third kappa shape index (κ3) is 1.28. The molecule has 0 aromatic rings. The van der Waals surface area contributed by atoms with Crippen LogP contribution < -0.4 is 0 Å². The molecule has 0 bridgehead atoms. The summed E-state index contributed by atoms with van der Waals surface area (Å²) in [5.41, 5.74) is 3.21. The second kappa shape index (κ2) is 2.58. The van der Waals surface area contributed by atoms with Gasteiger partial charge in [0, 0.05) is 5.75 Å². The molecule has 0 radical (unpaired) electrons. The molecule has 0 amide bonds. The molecule has 0 unspecified atom stereocenters. The summed E-state index contributed by atoms with van der Waals surface area (Å²) < 4.78 is 0. The fourth-order valence-electron chi connectivity index (χ4n) is 0.787.